The molecule has 1 aliphatic rings. The maximum Gasteiger partial charge on any atom is 0.320 e. The molecule has 1 fully saturated rings. The molecule has 82 valence electrons. The SMILES string of the molecule is CCCCC(C(=O)O)N1CC(C)(C)C1. The lowest BCUT2D eigenvalue weighted by molar-refractivity contribution is -0.148. The van der Waals surface area contributed by atoms with Crippen LogP contribution in [0.15, 0.2) is 0 Å². The van der Waals surface area contributed by atoms with Crippen LogP contribution in [0.3, 0.4) is 0 Å². The third-order valence-electron chi connectivity index (χ3n) is 2.82. The third-order valence-corrected chi connectivity index (χ3v) is 2.82. The fraction of sp³-hybridized carbons (Fsp3) is 0.909. The van der Waals surface area contributed by atoms with Gasteiger partial charge in [0.1, 0.15) is 6.04 Å². The lowest BCUT2D eigenvalue weighted by Crippen LogP contribution is -2.59. The number of carboxylic acids is 1. The van der Waals surface area contributed by atoms with E-state index < -0.39 is 5.97 Å². The number of carbonyl (C=O) groups is 1. The molecule has 1 unspecified atom stereocenters. The van der Waals surface area contributed by atoms with Crippen LogP contribution in [0.1, 0.15) is 40.0 Å². The zero-order chi connectivity index (χ0) is 10.8. The quantitative estimate of drug-likeness (QED) is 0.736. The molecular formula is C11H21NO2. The van der Waals surface area contributed by atoms with E-state index in [1.165, 1.54) is 0 Å². The number of hydrogen-bond donors (Lipinski definition) is 1. The van der Waals surface area contributed by atoms with Crippen LogP contribution in [-0.2, 0) is 4.79 Å². The Morgan fingerprint density at radius 3 is 2.43 bits per heavy atom. The van der Waals surface area contributed by atoms with Gasteiger partial charge in [0, 0.05) is 13.1 Å². The number of nitrogens with zero attached hydrogens (tertiary/aromatic N) is 1. The number of likely N-dealkylation sites (tertiary alicyclic amines) is 1. The minimum atomic E-state index is -0.658. The number of carboxylic acid groups (broad SMARTS) is 1. The van der Waals surface area contributed by atoms with Crippen molar-refractivity contribution in [3.05, 3.63) is 0 Å². The monoisotopic (exact) mass is 199 g/mol. The van der Waals surface area contributed by atoms with Crippen LogP contribution in [0.4, 0.5) is 0 Å². The normalized spacial score (nSPS) is 22.8. The Balaban J connectivity index is 2.41. The molecule has 0 aromatic heterocycles. The van der Waals surface area contributed by atoms with Gasteiger partial charge in [-0.3, -0.25) is 9.69 Å². The minimum Gasteiger partial charge on any atom is -0.480 e. The summed E-state index contributed by atoms with van der Waals surface area (Å²) in [5, 5.41) is 9.06. The van der Waals surface area contributed by atoms with Crippen molar-refractivity contribution < 1.29 is 9.90 Å². The van der Waals surface area contributed by atoms with Crippen LogP contribution < -0.4 is 0 Å². The van der Waals surface area contributed by atoms with Gasteiger partial charge in [-0.05, 0) is 11.8 Å². The van der Waals surface area contributed by atoms with E-state index in [0.717, 1.165) is 32.4 Å². The number of rotatable bonds is 5. The third kappa shape index (κ3) is 2.71. The van der Waals surface area contributed by atoms with Crippen LogP contribution in [0.25, 0.3) is 0 Å². The average molecular weight is 199 g/mol. The van der Waals surface area contributed by atoms with Crippen LogP contribution in [0, 0.1) is 5.41 Å². The summed E-state index contributed by atoms with van der Waals surface area (Å²) in [6.07, 6.45) is 2.87. The first-order valence-corrected chi connectivity index (χ1v) is 5.43. The highest BCUT2D eigenvalue weighted by Crippen LogP contribution is 2.31. The molecule has 1 aliphatic heterocycles. The van der Waals surface area contributed by atoms with Gasteiger partial charge in [-0.15, -0.1) is 0 Å². The average Bonchev–Trinajstić information content (AvgIpc) is 2.01. The van der Waals surface area contributed by atoms with E-state index in [1.807, 2.05) is 0 Å². The highest BCUT2D eigenvalue weighted by Gasteiger charge is 2.40. The molecule has 0 radical (unpaired) electrons. The molecule has 0 amide bonds. The molecule has 0 aromatic carbocycles. The van der Waals surface area contributed by atoms with Gasteiger partial charge in [0.2, 0.25) is 0 Å². The van der Waals surface area contributed by atoms with Gasteiger partial charge in [-0.2, -0.15) is 0 Å². The molecule has 0 spiro atoms. The lowest BCUT2D eigenvalue weighted by Gasteiger charge is -2.48. The van der Waals surface area contributed by atoms with Gasteiger partial charge < -0.3 is 5.11 Å². The lowest BCUT2D eigenvalue weighted by atomic mass is 9.82. The summed E-state index contributed by atoms with van der Waals surface area (Å²) in [7, 11) is 0. The first kappa shape index (κ1) is 11.5. The van der Waals surface area contributed by atoms with E-state index in [0.29, 0.717) is 5.41 Å². The van der Waals surface area contributed by atoms with E-state index in [2.05, 4.69) is 25.7 Å². The summed E-state index contributed by atoms with van der Waals surface area (Å²) in [4.78, 5) is 13.1. The largest absolute Gasteiger partial charge is 0.480 e. The molecule has 3 nitrogen and oxygen atoms in total. The van der Waals surface area contributed by atoms with E-state index in [4.69, 9.17) is 5.11 Å². The minimum absolute atomic E-state index is 0.247. The first-order chi connectivity index (χ1) is 6.46. The molecule has 1 N–H and O–H groups in total. The Bertz CT molecular complexity index is 205. The van der Waals surface area contributed by atoms with Gasteiger partial charge in [-0.1, -0.05) is 33.6 Å². The van der Waals surface area contributed by atoms with E-state index in [1.54, 1.807) is 0 Å². The van der Waals surface area contributed by atoms with Crippen molar-refractivity contribution in [1.82, 2.24) is 4.90 Å². The van der Waals surface area contributed by atoms with Crippen molar-refractivity contribution >= 4 is 5.97 Å². The van der Waals surface area contributed by atoms with E-state index in [9.17, 15) is 4.79 Å². The molecule has 1 saturated heterocycles. The van der Waals surface area contributed by atoms with Gasteiger partial charge in [0.25, 0.3) is 0 Å². The fourth-order valence-corrected chi connectivity index (χ4v) is 2.13. The zero-order valence-corrected chi connectivity index (χ0v) is 9.42. The summed E-state index contributed by atoms with van der Waals surface area (Å²) in [6, 6.07) is -0.247. The molecule has 1 heterocycles. The van der Waals surface area contributed by atoms with Gasteiger partial charge in [0.05, 0.1) is 0 Å². The van der Waals surface area contributed by atoms with Crippen molar-refractivity contribution in [2.75, 3.05) is 13.1 Å². The van der Waals surface area contributed by atoms with Gasteiger partial charge in [0.15, 0.2) is 0 Å². The number of aliphatic carboxylic acids is 1. The van der Waals surface area contributed by atoms with E-state index in [-0.39, 0.29) is 6.04 Å². The van der Waals surface area contributed by atoms with Crippen LogP contribution >= 0.6 is 0 Å². The van der Waals surface area contributed by atoms with Crippen molar-refractivity contribution in [1.29, 1.82) is 0 Å². The molecule has 0 bridgehead atoms. The second-order valence-electron chi connectivity index (χ2n) is 5.07. The van der Waals surface area contributed by atoms with Crippen molar-refractivity contribution in [2.24, 2.45) is 5.41 Å². The molecular weight excluding hydrogens is 178 g/mol. The highest BCUT2D eigenvalue weighted by atomic mass is 16.4. The molecule has 0 aliphatic carbocycles. The first-order valence-electron chi connectivity index (χ1n) is 5.43. The molecule has 0 aromatic rings. The predicted molar refractivity (Wildman–Crippen MR) is 56.3 cm³/mol. The Kier molecular flexibility index (Phi) is 3.53. The predicted octanol–water partition coefficient (Wildman–Crippen LogP) is 1.97. The van der Waals surface area contributed by atoms with Crippen molar-refractivity contribution in [3.63, 3.8) is 0 Å². The van der Waals surface area contributed by atoms with Crippen LogP contribution in [-0.4, -0.2) is 35.1 Å². The number of unbranched alkanes of at least 4 members (excludes halogenated alkanes) is 1. The Labute approximate surface area is 86.1 Å². The zero-order valence-electron chi connectivity index (χ0n) is 9.42. The highest BCUT2D eigenvalue weighted by molar-refractivity contribution is 5.73. The molecule has 1 atom stereocenters. The molecule has 3 heteroatoms. The second kappa shape index (κ2) is 4.30. The van der Waals surface area contributed by atoms with Crippen LogP contribution in [0.2, 0.25) is 0 Å². The summed E-state index contributed by atoms with van der Waals surface area (Å²) >= 11 is 0. The Morgan fingerprint density at radius 2 is 2.07 bits per heavy atom. The fourth-order valence-electron chi connectivity index (χ4n) is 2.13. The summed E-state index contributed by atoms with van der Waals surface area (Å²) < 4.78 is 0. The Hall–Kier alpha value is -0.570. The molecule has 14 heavy (non-hydrogen) atoms. The maximum absolute atomic E-state index is 11.0. The standard InChI is InChI=1S/C11H21NO2/c1-4-5-6-9(10(13)14)12-7-11(2,3)8-12/h9H,4-8H2,1-3H3,(H,13,14). The smallest absolute Gasteiger partial charge is 0.320 e. The van der Waals surface area contributed by atoms with Gasteiger partial charge >= 0.3 is 5.97 Å². The Morgan fingerprint density at radius 1 is 1.50 bits per heavy atom. The number of hydrogen-bond acceptors (Lipinski definition) is 2. The summed E-state index contributed by atoms with van der Waals surface area (Å²) in [6.45, 7) is 8.31. The van der Waals surface area contributed by atoms with Crippen LogP contribution in [0.5, 0.6) is 0 Å². The van der Waals surface area contributed by atoms with Gasteiger partial charge in [-0.25, -0.2) is 0 Å². The molecule has 0 saturated carbocycles. The van der Waals surface area contributed by atoms with E-state index >= 15 is 0 Å². The maximum atomic E-state index is 11.0. The molecule has 1 rings (SSSR count). The topological polar surface area (TPSA) is 40.5 Å². The summed E-state index contributed by atoms with van der Waals surface area (Å²) in [5.74, 6) is -0.658. The second-order valence-corrected chi connectivity index (χ2v) is 5.07. The van der Waals surface area contributed by atoms with Crippen molar-refractivity contribution in [2.45, 2.75) is 46.1 Å². The summed E-state index contributed by atoms with van der Waals surface area (Å²) in [5.41, 5.74) is 0.319. The van der Waals surface area contributed by atoms with Crippen molar-refractivity contribution in [3.8, 4) is 0 Å².